The standard InChI is InChI=1S/C29H26F5N5O3S/c1-43(42)21-8-9-22-17(10-21)15-39(26(41)23-11-28(23,30)31)24(22)25(40)37-19-12-35-27(36-13-19)38(20-6-7-20)14-16-2-4-18(5-3-16)29(32,33)34/h2-5,8-10,12-13,20,23-24H,6-7,11,14-15H2,1H3,(H,37,40). The number of hydrogen-bond acceptors (Lipinski definition) is 6. The van der Waals surface area contributed by atoms with Gasteiger partial charge in [-0.15, -0.1) is 0 Å². The monoisotopic (exact) mass is 619 g/mol. The molecule has 3 aliphatic rings. The average Bonchev–Trinajstić information content (AvgIpc) is 3.87. The molecule has 0 bridgehead atoms. The Morgan fingerprint density at radius 2 is 1.77 bits per heavy atom. The molecule has 0 radical (unpaired) electrons. The Labute approximate surface area is 246 Å². The van der Waals surface area contributed by atoms with Gasteiger partial charge in [0.15, 0.2) is 4.90 Å². The van der Waals surface area contributed by atoms with Crippen LogP contribution < -0.4 is 10.2 Å². The van der Waals surface area contributed by atoms with E-state index in [0.717, 1.165) is 29.9 Å². The molecule has 226 valence electrons. The van der Waals surface area contributed by atoms with E-state index in [0.29, 0.717) is 34.1 Å². The molecule has 1 N–H and O–H groups in total. The lowest BCUT2D eigenvalue weighted by Crippen LogP contribution is -2.38. The number of amides is 2. The molecule has 0 spiro atoms. The minimum atomic E-state index is -4.43. The second kappa shape index (κ2) is 10.7. The summed E-state index contributed by atoms with van der Waals surface area (Å²) in [6.07, 6.45) is 1.00. The van der Waals surface area contributed by atoms with Gasteiger partial charge in [-0.05, 0) is 65.0 Å². The summed E-state index contributed by atoms with van der Waals surface area (Å²) in [5.74, 6) is -5.73. The van der Waals surface area contributed by atoms with Crippen molar-refractivity contribution in [1.29, 1.82) is 0 Å². The fraction of sp³-hybridized carbons (Fsp3) is 0.379. The highest BCUT2D eigenvalue weighted by Gasteiger charge is 2.63. The fourth-order valence-electron chi connectivity index (χ4n) is 5.27. The summed E-state index contributed by atoms with van der Waals surface area (Å²) < 4.78 is 78.4. The molecule has 8 nitrogen and oxygen atoms in total. The summed E-state index contributed by atoms with van der Waals surface area (Å²) in [7, 11) is 0. The van der Waals surface area contributed by atoms with Crippen LogP contribution in [-0.4, -0.2) is 49.5 Å². The van der Waals surface area contributed by atoms with Gasteiger partial charge in [0.05, 0.1) is 23.6 Å². The summed E-state index contributed by atoms with van der Waals surface area (Å²) in [5, 5.41) is 2.68. The maximum atomic E-state index is 13.8. The lowest BCUT2D eigenvalue weighted by Gasteiger charge is -2.25. The Hall–Kier alpha value is -3.78. The Balaban J connectivity index is 1.19. The molecule has 43 heavy (non-hydrogen) atoms. The van der Waals surface area contributed by atoms with Crippen LogP contribution in [-0.2, 0) is 40.0 Å². The number of nitrogens with zero attached hydrogens (tertiary/aromatic N) is 4. The first-order valence-corrected chi connectivity index (χ1v) is 15.1. The fourth-order valence-corrected chi connectivity index (χ4v) is 5.83. The summed E-state index contributed by atoms with van der Waals surface area (Å²) in [6, 6.07) is 8.62. The molecule has 6 rings (SSSR count). The number of carbonyl (C=O) groups is 2. The van der Waals surface area contributed by atoms with Gasteiger partial charge in [0, 0.05) is 25.6 Å². The number of nitrogens with one attached hydrogen (secondary N) is 1. The molecule has 3 unspecified atom stereocenters. The van der Waals surface area contributed by atoms with E-state index >= 15 is 0 Å². The molecule has 3 aromatic rings. The quantitative estimate of drug-likeness (QED) is 0.279. The molecule has 2 heterocycles. The molecule has 0 saturated heterocycles. The highest BCUT2D eigenvalue weighted by atomic mass is 32.2. The van der Waals surface area contributed by atoms with E-state index in [9.17, 15) is 36.1 Å². The largest absolute Gasteiger partial charge is 0.612 e. The van der Waals surface area contributed by atoms with E-state index in [1.807, 2.05) is 4.90 Å². The van der Waals surface area contributed by atoms with E-state index in [1.54, 1.807) is 18.2 Å². The van der Waals surface area contributed by atoms with Crippen molar-refractivity contribution in [1.82, 2.24) is 14.9 Å². The number of anilines is 2. The van der Waals surface area contributed by atoms with Gasteiger partial charge in [-0.3, -0.25) is 9.59 Å². The number of alkyl halides is 5. The molecule has 2 amide bonds. The lowest BCUT2D eigenvalue weighted by molar-refractivity contribution is -0.141. The van der Waals surface area contributed by atoms with E-state index in [4.69, 9.17) is 0 Å². The first-order chi connectivity index (χ1) is 20.3. The maximum absolute atomic E-state index is 13.8. The first-order valence-electron chi connectivity index (χ1n) is 13.5. The molecule has 1 aromatic heterocycles. The zero-order valence-corrected chi connectivity index (χ0v) is 23.6. The van der Waals surface area contributed by atoms with Gasteiger partial charge in [-0.25, -0.2) is 18.7 Å². The van der Waals surface area contributed by atoms with Crippen LogP contribution in [0.2, 0.25) is 0 Å². The van der Waals surface area contributed by atoms with Gasteiger partial charge in [0.2, 0.25) is 11.9 Å². The van der Waals surface area contributed by atoms with Crippen molar-refractivity contribution in [2.24, 2.45) is 5.92 Å². The summed E-state index contributed by atoms with van der Waals surface area (Å²) >= 11 is -1.32. The van der Waals surface area contributed by atoms with Crippen molar-refractivity contribution in [3.8, 4) is 0 Å². The van der Waals surface area contributed by atoms with Gasteiger partial charge in [-0.1, -0.05) is 18.2 Å². The number of hydrogen-bond donors (Lipinski definition) is 1. The predicted octanol–water partition coefficient (Wildman–Crippen LogP) is 5.08. The van der Waals surface area contributed by atoms with Crippen LogP contribution in [0.25, 0.3) is 0 Å². The average molecular weight is 620 g/mol. The van der Waals surface area contributed by atoms with Crippen molar-refractivity contribution in [3.63, 3.8) is 0 Å². The van der Waals surface area contributed by atoms with E-state index in [1.165, 1.54) is 30.8 Å². The highest BCUT2D eigenvalue weighted by Crippen LogP contribution is 2.51. The van der Waals surface area contributed by atoms with Crippen molar-refractivity contribution >= 4 is 34.6 Å². The molecule has 14 heteroatoms. The zero-order valence-electron chi connectivity index (χ0n) is 22.8. The van der Waals surface area contributed by atoms with Crippen LogP contribution in [0, 0.1) is 5.92 Å². The number of rotatable bonds is 8. The summed E-state index contributed by atoms with van der Waals surface area (Å²) in [5.41, 5.74) is 1.14. The minimum absolute atomic E-state index is 0.0698. The van der Waals surface area contributed by atoms with Gasteiger partial charge in [0.1, 0.15) is 18.2 Å². The van der Waals surface area contributed by atoms with Gasteiger partial charge >= 0.3 is 6.18 Å². The molecule has 2 aromatic carbocycles. The molecular weight excluding hydrogens is 593 g/mol. The van der Waals surface area contributed by atoms with Gasteiger partial charge in [0.25, 0.3) is 11.8 Å². The van der Waals surface area contributed by atoms with Crippen LogP contribution in [0.3, 0.4) is 0 Å². The third-order valence-electron chi connectivity index (χ3n) is 7.83. The number of benzene rings is 2. The minimum Gasteiger partial charge on any atom is -0.612 e. The Morgan fingerprint density at radius 3 is 2.33 bits per heavy atom. The Morgan fingerprint density at radius 1 is 1.12 bits per heavy atom. The third-order valence-corrected chi connectivity index (χ3v) is 8.75. The highest BCUT2D eigenvalue weighted by molar-refractivity contribution is 7.90. The molecule has 2 saturated carbocycles. The van der Waals surface area contributed by atoms with Crippen molar-refractivity contribution in [2.75, 3.05) is 16.5 Å². The first kappa shape index (κ1) is 29.3. The smallest absolute Gasteiger partial charge is 0.416 e. The summed E-state index contributed by atoms with van der Waals surface area (Å²) in [6.45, 7) is 0.223. The molecule has 2 aliphatic carbocycles. The SMILES string of the molecule is C[S+]([O-])c1ccc2c(c1)CN(C(=O)C1CC1(F)F)C2C(=O)Nc1cnc(N(Cc2ccc(C(F)(F)F)cc2)C2CC2)nc1. The van der Waals surface area contributed by atoms with Crippen LogP contribution in [0.1, 0.15) is 47.6 Å². The predicted molar refractivity (Wildman–Crippen MR) is 146 cm³/mol. The van der Waals surface area contributed by atoms with Crippen molar-refractivity contribution in [2.45, 2.75) is 61.4 Å². The second-order valence-electron chi connectivity index (χ2n) is 11.0. The summed E-state index contributed by atoms with van der Waals surface area (Å²) in [4.78, 5) is 38.7. The topological polar surface area (TPSA) is 101 Å². The molecule has 2 fully saturated rings. The Kier molecular flexibility index (Phi) is 7.32. The van der Waals surface area contributed by atoms with E-state index in [-0.39, 0.29) is 18.3 Å². The van der Waals surface area contributed by atoms with Gasteiger partial charge in [-0.2, -0.15) is 13.2 Å². The number of fused-ring (bicyclic) bond motifs is 1. The van der Waals surface area contributed by atoms with E-state index < -0.39 is 59.0 Å². The van der Waals surface area contributed by atoms with Crippen molar-refractivity contribution < 1.29 is 36.1 Å². The molecular formula is C29H26F5N5O3S. The number of carbonyl (C=O) groups excluding carboxylic acids is 2. The van der Waals surface area contributed by atoms with Crippen LogP contribution in [0.5, 0.6) is 0 Å². The van der Waals surface area contributed by atoms with E-state index in [2.05, 4.69) is 15.3 Å². The zero-order chi connectivity index (χ0) is 30.7. The maximum Gasteiger partial charge on any atom is 0.416 e. The van der Waals surface area contributed by atoms with Crippen LogP contribution in [0.4, 0.5) is 33.6 Å². The number of halogens is 5. The number of aromatic nitrogens is 2. The third kappa shape index (κ3) is 6.03. The van der Waals surface area contributed by atoms with Gasteiger partial charge < -0.3 is 19.7 Å². The Bertz CT molecular complexity index is 1550. The van der Waals surface area contributed by atoms with Crippen molar-refractivity contribution in [3.05, 3.63) is 77.1 Å². The van der Waals surface area contributed by atoms with Crippen LogP contribution >= 0.6 is 0 Å². The molecule has 1 aliphatic heterocycles. The normalized spacial score (nSPS) is 21.2. The lowest BCUT2D eigenvalue weighted by atomic mass is 10.0. The van der Waals surface area contributed by atoms with Crippen LogP contribution in [0.15, 0.2) is 59.8 Å². The molecule has 3 atom stereocenters. The second-order valence-corrected chi connectivity index (χ2v) is 12.4.